The highest BCUT2D eigenvalue weighted by molar-refractivity contribution is 5.85. The zero-order chi connectivity index (χ0) is 9.61. The molecule has 6 heteroatoms. The molecule has 0 aliphatic heterocycles. The minimum Gasteiger partial charge on any atom is -0.330 e. The van der Waals surface area contributed by atoms with Gasteiger partial charge in [0.1, 0.15) is 0 Å². The van der Waals surface area contributed by atoms with Crippen molar-refractivity contribution in [3.05, 3.63) is 10.1 Å². The monoisotopic (exact) mass is 211 g/mol. The molecular weight excluding hydrogens is 194 g/mol. The van der Waals surface area contributed by atoms with Crippen molar-refractivity contribution in [2.24, 2.45) is 11.5 Å². The first kappa shape index (κ1) is 15.1. The number of rotatable bonds is 6. The summed E-state index contributed by atoms with van der Waals surface area (Å²) in [4.78, 5) is 10.5. The van der Waals surface area contributed by atoms with Crippen LogP contribution in [0.25, 0.3) is 0 Å². The van der Waals surface area contributed by atoms with Gasteiger partial charge in [0.05, 0.1) is 0 Å². The Balaban J connectivity index is 0. The summed E-state index contributed by atoms with van der Waals surface area (Å²) < 4.78 is 0. The molecule has 0 aliphatic rings. The number of hydrogen-bond acceptors (Lipinski definition) is 4. The SMILES string of the molecule is CCC(CCN)(CCN)[N+](=O)[O-].Cl. The average Bonchev–Trinajstić information content (AvgIpc) is 2.03. The fraction of sp³-hybridized carbons (Fsp3) is 1.00. The van der Waals surface area contributed by atoms with Crippen LogP contribution < -0.4 is 11.5 Å². The van der Waals surface area contributed by atoms with Crippen molar-refractivity contribution in [3.63, 3.8) is 0 Å². The molecule has 0 bridgehead atoms. The van der Waals surface area contributed by atoms with Crippen molar-refractivity contribution < 1.29 is 4.92 Å². The Morgan fingerprint density at radius 1 is 1.31 bits per heavy atom. The second kappa shape index (κ2) is 7.06. The molecule has 0 aliphatic carbocycles. The van der Waals surface area contributed by atoms with Crippen LogP contribution in [-0.2, 0) is 0 Å². The largest absolute Gasteiger partial charge is 0.330 e. The van der Waals surface area contributed by atoms with Crippen molar-refractivity contribution in [1.29, 1.82) is 0 Å². The van der Waals surface area contributed by atoms with E-state index in [1.54, 1.807) is 6.92 Å². The van der Waals surface area contributed by atoms with Crippen LogP contribution in [0.4, 0.5) is 0 Å². The van der Waals surface area contributed by atoms with Crippen LogP contribution in [0.3, 0.4) is 0 Å². The first-order valence-electron chi connectivity index (χ1n) is 4.17. The minimum absolute atomic E-state index is 0. The lowest BCUT2D eigenvalue weighted by Crippen LogP contribution is -2.41. The van der Waals surface area contributed by atoms with E-state index in [0.717, 1.165) is 0 Å². The summed E-state index contributed by atoms with van der Waals surface area (Å²) in [7, 11) is 0. The second-order valence-corrected chi connectivity index (χ2v) is 2.91. The Bertz CT molecular complexity index is 149. The first-order valence-corrected chi connectivity index (χ1v) is 4.17. The molecule has 4 N–H and O–H groups in total. The Labute approximate surface area is 84.4 Å². The zero-order valence-electron chi connectivity index (χ0n) is 7.86. The number of hydrogen-bond donors (Lipinski definition) is 2. The van der Waals surface area contributed by atoms with Crippen molar-refractivity contribution in [2.45, 2.75) is 31.7 Å². The molecule has 0 saturated heterocycles. The van der Waals surface area contributed by atoms with Crippen molar-refractivity contribution in [1.82, 2.24) is 0 Å². The van der Waals surface area contributed by atoms with Crippen LogP contribution in [-0.4, -0.2) is 23.6 Å². The number of nitro groups is 1. The predicted octanol–water partition coefficient (Wildman–Crippen LogP) is 0.531. The molecule has 0 aromatic carbocycles. The van der Waals surface area contributed by atoms with Crippen LogP contribution in [0, 0.1) is 10.1 Å². The van der Waals surface area contributed by atoms with E-state index >= 15 is 0 Å². The van der Waals surface area contributed by atoms with E-state index < -0.39 is 5.54 Å². The number of nitrogens with zero attached hydrogens (tertiary/aromatic N) is 1. The van der Waals surface area contributed by atoms with Gasteiger partial charge in [-0.25, -0.2) is 0 Å². The van der Waals surface area contributed by atoms with Crippen LogP contribution in [0.15, 0.2) is 0 Å². The lowest BCUT2D eigenvalue weighted by atomic mass is 9.89. The van der Waals surface area contributed by atoms with Crippen LogP contribution in [0.1, 0.15) is 26.2 Å². The zero-order valence-corrected chi connectivity index (χ0v) is 8.68. The third-order valence-corrected chi connectivity index (χ3v) is 2.26. The van der Waals surface area contributed by atoms with Gasteiger partial charge in [0.2, 0.25) is 5.54 Å². The van der Waals surface area contributed by atoms with E-state index in [0.29, 0.717) is 32.4 Å². The third-order valence-electron chi connectivity index (χ3n) is 2.26. The van der Waals surface area contributed by atoms with E-state index in [2.05, 4.69) is 0 Å². The molecule has 0 atom stereocenters. The molecule has 0 fully saturated rings. The normalized spacial score (nSPS) is 10.7. The van der Waals surface area contributed by atoms with Crippen LogP contribution in [0.5, 0.6) is 0 Å². The van der Waals surface area contributed by atoms with E-state index in [9.17, 15) is 10.1 Å². The van der Waals surface area contributed by atoms with Gasteiger partial charge in [-0.2, -0.15) is 0 Å². The van der Waals surface area contributed by atoms with E-state index in [4.69, 9.17) is 11.5 Å². The fourth-order valence-corrected chi connectivity index (χ4v) is 1.33. The Kier molecular flexibility index (Phi) is 8.20. The van der Waals surface area contributed by atoms with Gasteiger partial charge in [-0.15, -0.1) is 12.4 Å². The van der Waals surface area contributed by atoms with Gasteiger partial charge in [0.15, 0.2) is 0 Å². The quantitative estimate of drug-likeness (QED) is 0.495. The summed E-state index contributed by atoms with van der Waals surface area (Å²) in [5.41, 5.74) is 9.74. The molecule has 0 aromatic heterocycles. The maximum Gasteiger partial charge on any atom is 0.224 e. The molecule has 0 radical (unpaired) electrons. The summed E-state index contributed by atoms with van der Waals surface area (Å²) in [5.74, 6) is 0. The molecule has 13 heavy (non-hydrogen) atoms. The lowest BCUT2D eigenvalue weighted by molar-refractivity contribution is -0.572. The maximum atomic E-state index is 10.7. The van der Waals surface area contributed by atoms with E-state index in [1.165, 1.54) is 0 Å². The Hall–Kier alpha value is -0.390. The van der Waals surface area contributed by atoms with Gasteiger partial charge in [0.25, 0.3) is 0 Å². The summed E-state index contributed by atoms with van der Waals surface area (Å²) in [5, 5.41) is 10.7. The molecule has 5 nitrogen and oxygen atoms in total. The number of halogens is 1. The van der Waals surface area contributed by atoms with Gasteiger partial charge in [0, 0.05) is 24.2 Å². The summed E-state index contributed by atoms with van der Waals surface area (Å²) in [6, 6.07) is 0. The van der Waals surface area contributed by atoms with Crippen molar-refractivity contribution in [2.75, 3.05) is 13.1 Å². The molecule has 0 unspecified atom stereocenters. The average molecular weight is 212 g/mol. The topological polar surface area (TPSA) is 95.2 Å². The van der Waals surface area contributed by atoms with E-state index in [1.807, 2.05) is 0 Å². The standard InChI is InChI=1S/C7H17N3O2.ClH/c1-2-7(3-5-8,4-6-9)10(11)12;/h2-6,8-9H2,1H3;1H. The Morgan fingerprint density at radius 3 is 1.85 bits per heavy atom. The third kappa shape index (κ3) is 3.89. The van der Waals surface area contributed by atoms with Crippen molar-refractivity contribution in [3.8, 4) is 0 Å². The highest BCUT2D eigenvalue weighted by Gasteiger charge is 2.38. The lowest BCUT2D eigenvalue weighted by Gasteiger charge is -2.22. The number of nitrogens with two attached hydrogens (primary N) is 2. The second-order valence-electron chi connectivity index (χ2n) is 2.91. The predicted molar refractivity (Wildman–Crippen MR) is 54.6 cm³/mol. The van der Waals surface area contributed by atoms with Gasteiger partial charge in [-0.3, -0.25) is 10.1 Å². The molecule has 80 valence electrons. The molecule has 0 saturated carbocycles. The van der Waals surface area contributed by atoms with Gasteiger partial charge in [-0.1, -0.05) is 6.92 Å². The molecule has 0 rings (SSSR count). The molecule has 0 aromatic rings. The first-order chi connectivity index (χ1) is 5.63. The fourth-order valence-electron chi connectivity index (χ4n) is 1.33. The molecular formula is C7H18ClN3O2. The smallest absolute Gasteiger partial charge is 0.224 e. The maximum absolute atomic E-state index is 10.7. The highest BCUT2D eigenvalue weighted by Crippen LogP contribution is 2.22. The van der Waals surface area contributed by atoms with E-state index in [-0.39, 0.29) is 17.3 Å². The van der Waals surface area contributed by atoms with Crippen LogP contribution in [0.2, 0.25) is 0 Å². The van der Waals surface area contributed by atoms with Crippen molar-refractivity contribution >= 4 is 12.4 Å². The Morgan fingerprint density at radius 2 is 1.69 bits per heavy atom. The highest BCUT2D eigenvalue weighted by atomic mass is 35.5. The van der Waals surface area contributed by atoms with Gasteiger partial charge >= 0.3 is 0 Å². The molecule has 0 heterocycles. The minimum atomic E-state index is -0.885. The summed E-state index contributed by atoms with van der Waals surface area (Å²) in [6.07, 6.45) is 1.32. The molecule has 0 spiro atoms. The van der Waals surface area contributed by atoms with Gasteiger partial charge < -0.3 is 11.5 Å². The summed E-state index contributed by atoms with van der Waals surface area (Å²) >= 11 is 0. The summed E-state index contributed by atoms with van der Waals surface area (Å²) in [6.45, 7) is 2.48. The van der Waals surface area contributed by atoms with Gasteiger partial charge in [-0.05, 0) is 13.1 Å². The van der Waals surface area contributed by atoms with Crippen LogP contribution >= 0.6 is 12.4 Å². The molecule has 0 amide bonds.